The van der Waals surface area contributed by atoms with E-state index in [0.717, 1.165) is 18.4 Å². The van der Waals surface area contributed by atoms with Crippen molar-refractivity contribution in [2.45, 2.75) is 44.3 Å². The Kier molecular flexibility index (Phi) is 6.87. The molecule has 2 N–H and O–H groups in total. The van der Waals surface area contributed by atoms with Gasteiger partial charge in [-0.25, -0.2) is 0 Å². The number of fused-ring (bicyclic) bond motifs is 1. The van der Waals surface area contributed by atoms with Gasteiger partial charge in [-0.3, -0.25) is 14.4 Å². The van der Waals surface area contributed by atoms with Crippen LogP contribution in [0.4, 0.5) is 13.2 Å². The molecule has 0 spiro atoms. The van der Waals surface area contributed by atoms with E-state index in [1.807, 2.05) is 0 Å². The molecular formula is C24H24F3N3O4. The molecule has 0 radical (unpaired) electrons. The van der Waals surface area contributed by atoms with Crippen molar-refractivity contribution in [3.8, 4) is 0 Å². The van der Waals surface area contributed by atoms with E-state index in [2.05, 4.69) is 15.4 Å². The van der Waals surface area contributed by atoms with Crippen LogP contribution in [0.2, 0.25) is 0 Å². The van der Waals surface area contributed by atoms with E-state index in [-0.39, 0.29) is 31.6 Å². The van der Waals surface area contributed by atoms with Crippen molar-refractivity contribution < 1.29 is 32.3 Å². The van der Waals surface area contributed by atoms with E-state index in [0.29, 0.717) is 16.7 Å². The average molecular weight is 475 g/mol. The summed E-state index contributed by atoms with van der Waals surface area (Å²) in [5, 5.41) is 5.31. The molecule has 3 amide bonds. The van der Waals surface area contributed by atoms with Crippen LogP contribution < -0.4 is 10.6 Å². The Bertz CT molecular complexity index is 1070. The summed E-state index contributed by atoms with van der Waals surface area (Å²) in [6.45, 7) is -1.52. The van der Waals surface area contributed by atoms with Gasteiger partial charge in [-0.15, -0.1) is 0 Å². The highest BCUT2D eigenvalue weighted by molar-refractivity contribution is 6.05. The van der Waals surface area contributed by atoms with Gasteiger partial charge >= 0.3 is 6.18 Å². The maximum absolute atomic E-state index is 12.9. The van der Waals surface area contributed by atoms with Crippen LogP contribution in [0.1, 0.15) is 45.9 Å². The van der Waals surface area contributed by atoms with Crippen molar-refractivity contribution in [2.24, 2.45) is 0 Å². The zero-order chi connectivity index (χ0) is 24.3. The highest BCUT2D eigenvalue weighted by Gasteiger charge is 2.47. The molecule has 1 saturated carbocycles. The van der Waals surface area contributed by atoms with E-state index in [1.54, 1.807) is 53.4 Å². The number of carbonyl (C=O) groups excluding carboxylic acids is 3. The summed E-state index contributed by atoms with van der Waals surface area (Å²) in [5.74, 6) is -0.958. The number of carbonyl (C=O) groups is 3. The van der Waals surface area contributed by atoms with Gasteiger partial charge in [0.05, 0.1) is 13.2 Å². The van der Waals surface area contributed by atoms with Crippen LogP contribution in [0.25, 0.3) is 0 Å². The van der Waals surface area contributed by atoms with Gasteiger partial charge in [0.15, 0.2) is 0 Å². The maximum atomic E-state index is 12.9. The fraction of sp³-hybridized carbons (Fsp3) is 0.375. The standard InChI is InChI=1S/C24H24F3N3O4/c25-24(26,27)14-34-13-16-7-5-15(6-8-16)11-28-20(31)12-29-22(32)21-18-3-1-2-4-19(18)23(33)30(21)17-9-10-17/h1-8,17,21H,9-14H2,(H,28,31)(H,29,32). The van der Waals surface area contributed by atoms with E-state index in [9.17, 15) is 27.6 Å². The summed E-state index contributed by atoms with van der Waals surface area (Å²) in [6, 6.07) is 12.9. The molecular weight excluding hydrogens is 451 g/mol. The largest absolute Gasteiger partial charge is 0.411 e. The normalized spacial score (nSPS) is 17.4. The second-order valence-corrected chi connectivity index (χ2v) is 8.35. The number of benzene rings is 2. The van der Waals surface area contributed by atoms with Gasteiger partial charge in [0.1, 0.15) is 12.6 Å². The Balaban J connectivity index is 1.25. The molecule has 1 atom stereocenters. The Morgan fingerprint density at radius 3 is 2.35 bits per heavy atom. The first kappa shape index (κ1) is 23.7. The van der Waals surface area contributed by atoms with Crippen molar-refractivity contribution in [1.29, 1.82) is 0 Å². The number of nitrogens with zero attached hydrogens (tertiary/aromatic N) is 1. The molecule has 0 aromatic heterocycles. The SMILES string of the molecule is O=C(CNC(=O)C1c2ccccc2C(=O)N1C1CC1)NCc1ccc(COCC(F)(F)F)cc1. The quantitative estimate of drug-likeness (QED) is 0.584. The molecule has 1 aliphatic heterocycles. The monoisotopic (exact) mass is 475 g/mol. The van der Waals surface area contributed by atoms with Crippen LogP contribution >= 0.6 is 0 Å². The lowest BCUT2D eigenvalue weighted by atomic mass is 10.0. The summed E-state index contributed by atoms with van der Waals surface area (Å²) >= 11 is 0. The van der Waals surface area contributed by atoms with Crippen LogP contribution in [-0.4, -0.2) is 48.0 Å². The number of hydrogen-bond donors (Lipinski definition) is 2. The van der Waals surface area contributed by atoms with Gasteiger partial charge in [0.2, 0.25) is 11.8 Å². The summed E-state index contributed by atoms with van der Waals surface area (Å²) < 4.78 is 41.0. The topological polar surface area (TPSA) is 87.7 Å². The van der Waals surface area contributed by atoms with Gasteiger partial charge in [-0.1, -0.05) is 42.5 Å². The first-order chi connectivity index (χ1) is 16.2. The van der Waals surface area contributed by atoms with Crippen LogP contribution in [0.15, 0.2) is 48.5 Å². The van der Waals surface area contributed by atoms with Gasteiger partial charge in [0, 0.05) is 18.2 Å². The highest BCUT2D eigenvalue weighted by Crippen LogP contribution is 2.41. The number of halogens is 3. The molecule has 7 nitrogen and oxygen atoms in total. The van der Waals surface area contributed by atoms with Crippen LogP contribution in [-0.2, 0) is 27.5 Å². The second-order valence-electron chi connectivity index (χ2n) is 8.35. The third-order valence-electron chi connectivity index (χ3n) is 5.66. The molecule has 2 aliphatic rings. The molecule has 4 rings (SSSR count). The summed E-state index contributed by atoms with van der Waals surface area (Å²) in [5.41, 5.74) is 2.50. The summed E-state index contributed by atoms with van der Waals surface area (Å²) in [6.07, 6.45) is -2.65. The van der Waals surface area contributed by atoms with Gasteiger partial charge in [-0.2, -0.15) is 13.2 Å². The van der Waals surface area contributed by atoms with Crippen LogP contribution in [0.5, 0.6) is 0 Å². The van der Waals surface area contributed by atoms with Gasteiger partial charge in [-0.05, 0) is 35.6 Å². The van der Waals surface area contributed by atoms with Crippen molar-refractivity contribution in [3.05, 3.63) is 70.8 Å². The Labute approximate surface area is 194 Å². The predicted octanol–water partition coefficient (Wildman–Crippen LogP) is 2.86. The van der Waals surface area contributed by atoms with E-state index < -0.39 is 30.6 Å². The predicted molar refractivity (Wildman–Crippen MR) is 115 cm³/mol. The number of rotatable bonds is 9. The number of nitrogens with one attached hydrogen (secondary N) is 2. The molecule has 0 bridgehead atoms. The maximum Gasteiger partial charge on any atom is 0.411 e. The number of amides is 3. The van der Waals surface area contributed by atoms with Gasteiger partial charge in [0.25, 0.3) is 5.91 Å². The average Bonchev–Trinajstić information content (AvgIpc) is 3.60. The minimum Gasteiger partial charge on any atom is -0.367 e. The molecule has 1 fully saturated rings. The third-order valence-corrected chi connectivity index (χ3v) is 5.66. The molecule has 2 aromatic carbocycles. The molecule has 0 saturated heterocycles. The molecule has 180 valence electrons. The molecule has 2 aromatic rings. The molecule has 34 heavy (non-hydrogen) atoms. The minimum absolute atomic E-state index is 0.0475. The number of alkyl halides is 3. The van der Waals surface area contributed by atoms with E-state index >= 15 is 0 Å². The lowest BCUT2D eigenvalue weighted by Crippen LogP contribution is -2.43. The smallest absolute Gasteiger partial charge is 0.367 e. The molecule has 10 heteroatoms. The fourth-order valence-corrected chi connectivity index (χ4v) is 3.90. The Morgan fingerprint density at radius 2 is 1.68 bits per heavy atom. The summed E-state index contributed by atoms with van der Waals surface area (Å²) in [4.78, 5) is 39.5. The van der Waals surface area contributed by atoms with E-state index in [4.69, 9.17) is 0 Å². The number of hydrogen-bond acceptors (Lipinski definition) is 4. The highest BCUT2D eigenvalue weighted by atomic mass is 19.4. The number of ether oxygens (including phenoxy) is 1. The van der Waals surface area contributed by atoms with Crippen molar-refractivity contribution in [3.63, 3.8) is 0 Å². The molecule has 1 aliphatic carbocycles. The Hall–Kier alpha value is -3.40. The van der Waals surface area contributed by atoms with Crippen molar-refractivity contribution >= 4 is 17.7 Å². The first-order valence-corrected chi connectivity index (χ1v) is 10.9. The van der Waals surface area contributed by atoms with Gasteiger partial charge < -0.3 is 20.3 Å². The third kappa shape index (κ3) is 5.74. The minimum atomic E-state index is -4.37. The van der Waals surface area contributed by atoms with Crippen LogP contribution in [0, 0.1) is 0 Å². The van der Waals surface area contributed by atoms with Crippen molar-refractivity contribution in [2.75, 3.05) is 13.2 Å². The Morgan fingerprint density at radius 1 is 1.00 bits per heavy atom. The zero-order valence-electron chi connectivity index (χ0n) is 18.2. The molecule has 1 heterocycles. The van der Waals surface area contributed by atoms with E-state index in [1.165, 1.54) is 0 Å². The fourth-order valence-electron chi connectivity index (χ4n) is 3.90. The molecule has 1 unspecified atom stereocenters. The second kappa shape index (κ2) is 9.84. The van der Waals surface area contributed by atoms with Crippen molar-refractivity contribution in [1.82, 2.24) is 15.5 Å². The lowest BCUT2D eigenvalue weighted by Gasteiger charge is -2.24. The first-order valence-electron chi connectivity index (χ1n) is 10.9. The zero-order valence-corrected chi connectivity index (χ0v) is 18.2. The summed E-state index contributed by atoms with van der Waals surface area (Å²) in [7, 11) is 0. The van der Waals surface area contributed by atoms with Crippen LogP contribution in [0.3, 0.4) is 0 Å². The lowest BCUT2D eigenvalue weighted by molar-refractivity contribution is -0.176.